The van der Waals surface area contributed by atoms with Crippen molar-refractivity contribution >= 4 is 23.5 Å². The van der Waals surface area contributed by atoms with Gasteiger partial charge in [0, 0.05) is 5.69 Å². The van der Waals surface area contributed by atoms with Gasteiger partial charge in [-0.25, -0.2) is 9.07 Å². The highest BCUT2D eigenvalue weighted by molar-refractivity contribution is 5.92. The van der Waals surface area contributed by atoms with E-state index in [1.807, 2.05) is 0 Å². The van der Waals surface area contributed by atoms with Crippen LogP contribution in [0.4, 0.5) is 16.0 Å². The van der Waals surface area contributed by atoms with Gasteiger partial charge >= 0.3 is 0 Å². The number of nitrogens with zero attached hydrogens (tertiary/aromatic N) is 3. The monoisotopic (exact) mass is 411 g/mol. The topological polar surface area (TPSA) is 107 Å². The van der Waals surface area contributed by atoms with Gasteiger partial charge in [-0.3, -0.25) is 14.9 Å². The molecule has 0 saturated heterocycles. The molecule has 0 saturated carbocycles. The predicted molar refractivity (Wildman–Crippen MR) is 105 cm³/mol. The molecular weight excluding hydrogens is 393 g/mol. The molecule has 1 aromatic heterocycles. The Kier molecular flexibility index (Phi) is 5.29. The van der Waals surface area contributed by atoms with Gasteiger partial charge in [0.25, 0.3) is 5.91 Å². The quantitative estimate of drug-likeness (QED) is 0.645. The van der Waals surface area contributed by atoms with Crippen LogP contribution in [-0.2, 0) is 9.59 Å². The van der Waals surface area contributed by atoms with Crippen LogP contribution in [0.25, 0.3) is 0 Å². The van der Waals surface area contributed by atoms with E-state index in [0.717, 1.165) is 5.56 Å². The van der Waals surface area contributed by atoms with Gasteiger partial charge in [-0.1, -0.05) is 6.07 Å². The van der Waals surface area contributed by atoms with Gasteiger partial charge < -0.3 is 14.8 Å². The SMILES string of the molecule is COc1cc([C@H]2CC(=O)Nc3ncnn32)ccc1OCC(=O)Nc1ccc(F)cc1. The smallest absolute Gasteiger partial charge is 0.262 e. The third kappa shape index (κ3) is 4.07. The highest BCUT2D eigenvalue weighted by atomic mass is 19.1. The van der Waals surface area contributed by atoms with E-state index in [9.17, 15) is 14.0 Å². The van der Waals surface area contributed by atoms with E-state index >= 15 is 0 Å². The second kappa shape index (κ2) is 8.19. The fourth-order valence-electron chi connectivity index (χ4n) is 3.15. The minimum Gasteiger partial charge on any atom is -0.493 e. The first-order valence-electron chi connectivity index (χ1n) is 9.09. The fraction of sp³-hybridized carbons (Fsp3) is 0.200. The number of rotatable bonds is 6. The Bertz CT molecular complexity index is 1080. The summed E-state index contributed by atoms with van der Waals surface area (Å²) in [5, 5.41) is 9.46. The number of anilines is 2. The van der Waals surface area contributed by atoms with Crippen molar-refractivity contribution in [2.24, 2.45) is 0 Å². The first-order valence-corrected chi connectivity index (χ1v) is 9.09. The Morgan fingerprint density at radius 3 is 2.83 bits per heavy atom. The number of aromatic nitrogens is 3. The van der Waals surface area contributed by atoms with Crippen molar-refractivity contribution in [1.29, 1.82) is 0 Å². The summed E-state index contributed by atoms with van der Waals surface area (Å²) in [6.45, 7) is -0.258. The van der Waals surface area contributed by atoms with Crippen molar-refractivity contribution in [2.45, 2.75) is 12.5 Å². The molecule has 3 aromatic rings. The summed E-state index contributed by atoms with van der Waals surface area (Å²) in [5.41, 5.74) is 1.25. The Hall–Kier alpha value is -3.95. The van der Waals surface area contributed by atoms with Crippen LogP contribution in [0.5, 0.6) is 11.5 Å². The third-order valence-corrected chi connectivity index (χ3v) is 4.56. The summed E-state index contributed by atoms with van der Waals surface area (Å²) in [6, 6.07) is 10.3. The van der Waals surface area contributed by atoms with Gasteiger partial charge in [-0.2, -0.15) is 10.1 Å². The van der Waals surface area contributed by atoms with Gasteiger partial charge in [0.1, 0.15) is 12.1 Å². The molecule has 2 aromatic carbocycles. The second-order valence-corrected chi connectivity index (χ2v) is 6.55. The van der Waals surface area contributed by atoms with E-state index in [0.29, 0.717) is 23.1 Å². The lowest BCUT2D eigenvalue weighted by atomic mass is 10.0. The zero-order valence-corrected chi connectivity index (χ0v) is 16.0. The molecule has 0 bridgehead atoms. The number of amides is 2. The molecule has 1 aliphatic rings. The molecule has 2 N–H and O–H groups in total. The Morgan fingerprint density at radius 1 is 1.27 bits per heavy atom. The van der Waals surface area contributed by atoms with E-state index in [1.54, 1.807) is 22.9 Å². The second-order valence-electron chi connectivity index (χ2n) is 6.55. The summed E-state index contributed by atoms with van der Waals surface area (Å²) in [7, 11) is 1.49. The Morgan fingerprint density at radius 2 is 2.07 bits per heavy atom. The number of carbonyl (C=O) groups excluding carboxylic acids is 2. The van der Waals surface area contributed by atoms with Crippen LogP contribution >= 0.6 is 0 Å². The molecule has 0 unspecified atom stereocenters. The van der Waals surface area contributed by atoms with Crippen LogP contribution in [0.15, 0.2) is 48.8 Å². The van der Waals surface area contributed by atoms with E-state index in [2.05, 4.69) is 20.7 Å². The highest BCUT2D eigenvalue weighted by Crippen LogP contribution is 2.34. The van der Waals surface area contributed by atoms with Crippen LogP contribution in [-0.4, -0.2) is 40.3 Å². The Balaban J connectivity index is 1.46. The summed E-state index contributed by atoms with van der Waals surface area (Å²) in [5.74, 6) is 0.223. The summed E-state index contributed by atoms with van der Waals surface area (Å²) in [6.07, 6.45) is 1.59. The minimum atomic E-state index is -0.399. The van der Waals surface area contributed by atoms with E-state index in [-0.39, 0.29) is 30.8 Å². The molecule has 0 spiro atoms. The van der Waals surface area contributed by atoms with Crippen LogP contribution in [0.2, 0.25) is 0 Å². The molecule has 2 heterocycles. The average Bonchev–Trinajstić information content (AvgIpc) is 3.21. The van der Waals surface area contributed by atoms with Gasteiger partial charge in [0.05, 0.1) is 19.6 Å². The molecule has 154 valence electrons. The van der Waals surface area contributed by atoms with Crippen molar-refractivity contribution in [1.82, 2.24) is 14.8 Å². The number of nitrogens with one attached hydrogen (secondary N) is 2. The predicted octanol–water partition coefficient (Wildman–Crippen LogP) is 2.37. The summed E-state index contributed by atoms with van der Waals surface area (Å²) >= 11 is 0. The van der Waals surface area contributed by atoms with E-state index in [4.69, 9.17) is 9.47 Å². The van der Waals surface area contributed by atoms with Gasteiger partial charge in [-0.15, -0.1) is 0 Å². The van der Waals surface area contributed by atoms with Crippen molar-refractivity contribution in [2.75, 3.05) is 24.4 Å². The van der Waals surface area contributed by atoms with Crippen LogP contribution in [0, 0.1) is 5.82 Å². The number of benzene rings is 2. The lowest BCUT2D eigenvalue weighted by Gasteiger charge is -2.24. The molecule has 0 fully saturated rings. The first-order chi connectivity index (χ1) is 14.5. The number of methoxy groups -OCH3 is 1. The number of ether oxygens (including phenoxy) is 2. The zero-order chi connectivity index (χ0) is 21.1. The van der Waals surface area contributed by atoms with Crippen LogP contribution in [0.3, 0.4) is 0 Å². The standard InChI is InChI=1S/C20H18FN5O4/c1-29-17-8-12(15-9-18(27)25-20-22-11-23-26(15)20)2-7-16(17)30-10-19(28)24-14-5-3-13(21)4-6-14/h2-8,11,15H,9-10H2,1H3,(H,24,28)(H,22,23,25,27)/t15-/m1/s1. The van der Waals surface area contributed by atoms with E-state index < -0.39 is 5.91 Å². The lowest BCUT2D eigenvalue weighted by molar-refractivity contribution is -0.118. The molecule has 1 atom stereocenters. The van der Waals surface area contributed by atoms with Gasteiger partial charge in [0.15, 0.2) is 18.1 Å². The normalized spacial score (nSPS) is 15.1. The van der Waals surface area contributed by atoms with E-state index in [1.165, 1.54) is 37.7 Å². The van der Waals surface area contributed by atoms with Crippen molar-refractivity contribution in [3.8, 4) is 11.5 Å². The summed E-state index contributed by atoms with van der Waals surface area (Å²) in [4.78, 5) is 28.1. The summed E-state index contributed by atoms with van der Waals surface area (Å²) < 4.78 is 25.5. The van der Waals surface area contributed by atoms with Crippen molar-refractivity contribution in [3.63, 3.8) is 0 Å². The number of fused-ring (bicyclic) bond motifs is 1. The average molecular weight is 411 g/mol. The maximum absolute atomic E-state index is 12.9. The largest absolute Gasteiger partial charge is 0.493 e. The maximum Gasteiger partial charge on any atom is 0.262 e. The molecule has 4 rings (SSSR count). The number of carbonyl (C=O) groups is 2. The Labute approximate surface area is 170 Å². The third-order valence-electron chi connectivity index (χ3n) is 4.56. The number of hydrogen-bond acceptors (Lipinski definition) is 6. The zero-order valence-electron chi connectivity index (χ0n) is 16.0. The molecule has 0 radical (unpaired) electrons. The molecule has 9 nitrogen and oxygen atoms in total. The molecular formula is C20H18FN5O4. The fourth-order valence-corrected chi connectivity index (χ4v) is 3.15. The van der Waals surface area contributed by atoms with Crippen molar-refractivity contribution in [3.05, 3.63) is 60.2 Å². The molecule has 2 amide bonds. The highest BCUT2D eigenvalue weighted by Gasteiger charge is 2.28. The minimum absolute atomic E-state index is 0.155. The molecule has 30 heavy (non-hydrogen) atoms. The number of hydrogen-bond donors (Lipinski definition) is 2. The first kappa shape index (κ1) is 19.4. The maximum atomic E-state index is 12.9. The van der Waals surface area contributed by atoms with Gasteiger partial charge in [0.2, 0.25) is 11.9 Å². The van der Waals surface area contributed by atoms with Crippen LogP contribution in [0.1, 0.15) is 18.0 Å². The number of halogens is 1. The van der Waals surface area contributed by atoms with Crippen molar-refractivity contribution < 1.29 is 23.5 Å². The molecule has 1 aliphatic heterocycles. The van der Waals surface area contributed by atoms with Crippen LogP contribution < -0.4 is 20.1 Å². The lowest BCUT2D eigenvalue weighted by Crippen LogP contribution is -2.29. The molecule has 10 heteroatoms. The van der Waals surface area contributed by atoms with Gasteiger partial charge in [-0.05, 0) is 42.0 Å². The molecule has 0 aliphatic carbocycles.